The van der Waals surface area contributed by atoms with Crippen molar-refractivity contribution in [1.29, 1.82) is 0 Å². The summed E-state index contributed by atoms with van der Waals surface area (Å²) in [6.07, 6.45) is 5.73. The molecule has 4 nitrogen and oxygen atoms in total. The molecule has 0 bridgehead atoms. The van der Waals surface area contributed by atoms with Crippen molar-refractivity contribution in [3.8, 4) is 5.75 Å². The number of benzene rings is 2. The first-order valence-corrected chi connectivity index (χ1v) is 10.8. The number of para-hydroxylation sites is 1. The van der Waals surface area contributed by atoms with Crippen molar-refractivity contribution in [3.05, 3.63) is 59.1 Å². The Morgan fingerprint density at radius 1 is 1.14 bits per heavy atom. The van der Waals surface area contributed by atoms with Gasteiger partial charge in [0.1, 0.15) is 5.75 Å². The van der Waals surface area contributed by atoms with Gasteiger partial charge in [-0.15, -0.1) is 11.3 Å². The zero-order valence-corrected chi connectivity index (χ0v) is 17.1. The number of rotatable bonds is 7. The van der Waals surface area contributed by atoms with Crippen molar-refractivity contribution in [1.82, 2.24) is 10.3 Å². The van der Waals surface area contributed by atoms with Crippen LogP contribution in [-0.4, -0.2) is 24.5 Å². The van der Waals surface area contributed by atoms with Crippen molar-refractivity contribution >= 4 is 27.5 Å². The Morgan fingerprint density at radius 2 is 1.89 bits per heavy atom. The van der Waals surface area contributed by atoms with Crippen LogP contribution in [0.5, 0.6) is 5.75 Å². The molecule has 4 rings (SSSR count). The lowest BCUT2D eigenvalue weighted by molar-refractivity contribution is -0.130. The quantitative estimate of drug-likeness (QED) is 0.628. The summed E-state index contributed by atoms with van der Waals surface area (Å²) >= 11 is 1.72. The molecular formula is C23H26N2O2S. The number of thiazole rings is 1. The second-order valence-corrected chi connectivity index (χ2v) is 8.71. The summed E-state index contributed by atoms with van der Waals surface area (Å²) in [5, 5.41) is 4.28. The minimum absolute atomic E-state index is 0.192. The molecule has 1 N–H and O–H groups in total. The highest BCUT2D eigenvalue weighted by molar-refractivity contribution is 7.18. The fraction of sp³-hybridized carbons (Fsp3) is 0.391. The van der Waals surface area contributed by atoms with Crippen molar-refractivity contribution < 1.29 is 9.53 Å². The molecule has 28 heavy (non-hydrogen) atoms. The van der Waals surface area contributed by atoms with Crippen LogP contribution in [-0.2, 0) is 17.6 Å². The third-order valence-corrected chi connectivity index (χ3v) is 6.76. The standard InChI is InChI=1S/C23H26N2O2S/c1-27-18-10-8-17(9-11-18)12-15-24-22(26)23(13-4-5-14-23)16-21-25-19-6-2-3-7-20(19)28-21/h2-3,6-11H,4-5,12-16H2,1H3,(H,24,26). The molecule has 1 aromatic heterocycles. The van der Waals surface area contributed by atoms with Gasteiger partial charge in [-0.25, -0.2) is 4.98 Å². The molecule has 1 aliphatic carbocycles. The van der Waals surface area contributed by atoms with Crippen molar-refractivity contribution in [2.75, 3.05) is 13.7 Å². The number of carbonyl (C=O) groups is 1. The van der Waals surface area contributed by atoms with Gasteiger partial charge < -0.3 is 10.1 Å². The van der Waals surface area contributed by atoms with Crippen LogP contribution in [0.2, 0.25) is 0 Å². The van der Waals surface area contributed by atoms with E-state index < -0.39 is 0 Å². The van der Waals surface area contributed by atoms with E-state index in [0.717, 1.165) is 54.8 Å². The number of hydrogen-bond donors (Lipinski definition) is 1. The highest BCUT2D eigenvalue weighted by Gasteiger charge is 2.41. The first-order valence-electron chi connectivity index (χ1n) is 9.94. The van der Waals surface area contributed by atoms with Crippen LogP contribution in [0.1, 0.15) is 36.3 Å². The highest BCUT2D eigenvalue weighted by Crippen LogP contribution is 2.42. The lowest BCUT2D eigenvalue weighted by Gasteiger charge is -2.26. The average molecular weight is 395 g/mol. The van der Waals surface area contributed by atoms with Crippen LogP contribution in [0.4, 0.5) is 0 Å². The van der Waals surface area contributed by atoms with E-state index >= 15 is 0 Å². The van der Waals surface area contributed by atoms with Gasteiger partial charge >= 0.3 is 0 Å². The van der Waals surface area contributed by atoms with E-state index in [1.54, 1.807) is 18.4 Å². The molecular weight excluding hydrogens is 368 g/mol. The molecule has 1 heterocycles. The number of methoxy groups -OCH3 is 1. The normalized spacial score (nSPS) is 15.6. The molecule has 5 heteroatoms. The van der Waals surface area contributed by atoms with Crippen LogP contribution >= 0.6 is 11.3 Å². The fourth-order valence-electron chi connectivity index (χ4n) is 4.12. The largest absolute Gasteiger partial charge is 0.497 e. The van der Waals surface area contributed by atoms with E-state index in [1.165, 1.54) is 10.3 Å². The zero-order valence-electron chi connectivity index (χ0n) is 16.2. The second kappa shape index (κ2) is 8.31. The summed E-state index contributed by atoms with van der Waals surface area (Å²) < 4.78 is 6.40. The summed E-state index contributed by atoms with van der Waals surface area (Å²) in [5.41, 5.74) is 1.94. The van der Waals surface area contributed by atoms with Crippen molar-refractivity contribution in [3.63, 3.8) is 0 Å². The lowest BCUT2D eigenvalue weighted by Crippen LogP contribution is -2.41. The van der Waals surface area contributed by atoms with Crippen LogP contribution in [0.25, 0.3) is 10.2 Å². The Bertz CT molecular complexity index is 910. The van der Waals surface area contributed by atoms with Gasteiger partial charge in [0.25, 0.3) is 0 Å². The topological polar surface area (TPSA) is 51.2 Å². The molecule has 0 aliphatic heterocycles. The van der Waals surface area contributed by atoms with Crippen LogP contribution in [0.15, 0.2) is 48.5 Å². The summed E-state index contributed by atoms with van der Waals surface area (Å²) in [5.74, 6) is 1.05. The predicted molar refractivity (Wildman–Crippen MR) is 114 cm³/mol. The van der Waals surface area contributed by atoms with E-state index in [1.807, 2.05) is 30.3 Å². The molecule has 2 aromatic carbocycles. The fourth-order valence-corrected chi connectivity index (χ4v) is 5.23. The number of fused-ring (bicyclic) bond motifs is 1. The predicted octanol–water partition coefficient (Wildman–Crippen LogP) is 4.77. The number of amides is 1. The number of carbonyl (C=O) groups excluding carboxylic acids is 1. The van der Waals surface area contributed by atoms with Gasteiger partial charge in [-0.1, -0.05) is 37.1 Å². The Hall–Kier alpha value is -2.40. The Balaban J connectivity index is 1.40. The molecule has 1 amide bonds. The van der Waals surface area contributed by atoms with E-state index in [-0.39, 0.29) is 11.3 Å². The smallest absolute Gasteiger partial charge is 0.226 e. The minimum Gasteiger partial charge on any atom is -0.497 e. The van der Waals surface area contributed by atoms with Crippen molar-refractivity contribution in [2.45, 2.75) is 38.5 Å². The van der Waals surface area contributed by atoms with Gasteiger partial charge in [-0.05, 0) is 49.1 Å². The molecule has 1 saturated carbocycles. The Kier molecular flexibility index (Phi) is 5.62. The molecule has 0 saturated heterocycles. The van der Waals surface area contributed by atoms with Gasteiger partial charge in [-0.2, -0.15) is 0 Å². The summed E-state index contributed by atoms with van der Waals surface area (Å²) in [6, 6.07) is 16.2. The maximum Gasteiger partial charge on any atom is 0.226 e. The Morgan fingerprint density at radius 3 is 2.61 bits per heavy atom. The molecule has 0 spiro atoms. The number of hydrogen-bond acceptors (Lipinski definition) is 4. The van der Waals surface area contributed by atoms with E-state index in [9.17, 15) is 4.79 Å². The first kappa shape index (κ1) is 18.9. The third-order valence-electron chi connectivity index (χ3n) is 5.73. The maximum absolute atomic E-state index is 13.1. The summed E-state index contributed by atoms with van der Waals surface area (Å²) in [4.78, 5) is 17.9. The SMILES string of the molecule is COc1ccc(CCNC(=O)C2(Cc3nc4ccccc4s3)CCCC2)cc1. The van der Waals surface area contributed by atoms with Crippen LogP contribution < -0.4 is 10.1 Å². The average Bonchev–Trinajstić information content (AvgIpc) is 3.35. The molecule has 146 valence electrons. The Labute approximate surface area is 169 Å². The van der Waals surface area contributed by atoms with Gasteiger partial charge in [0.05, 0.1) is 27.7 Å². The number of ether oxygens (including phenoxy) is 1. The molecule has 0 unspecified atom stereocenters. The maximum atomic E-state index is 13.1. The van der Waals surface area contributed by atoms with E-state index in [0.29, 0.717) is 6.54 Å². The van der Waals surface area contributed by atoms with Gasteiger partial charge in [0.2, 0.25) is 5.91 Å². The van der Waals surface area contributed by atoms with Gasteiger partial charge in [0, 0.05) is 13.0 Å². The van der Waals surface area contributed by atoms with Gasteiger partial charge in [-0.3, -0.25) is 4.79 Å². The second-order valence-electron chi connectivity index (χ2n) is 7.59. The van der Waals surface area contributed by atoms with Gasteiger partial charge in [0.15, 0.2) is 0 Å². The van der Waals surface area contributed by atoms with Crippen LogP contribution in [0, 0.1) is 5.41 Å². The molecule has 3 aromatic rings. The minimum atomic E-state index is -0.298. The number of nitrogens with one attached hydrogen (secondary N) is 1. The van der Waals surface area contributed by atoms with Crippen molar-refractivity contribution in [2.24, 2.45) is 5.41 Å². The van der Waals surface area contributed by atoms with Crippen LogP contribution in [0.3, 0.4) is 0 Å². The molecule has 0 atom stereocenters. The van der Waals surface area contributed by atoms with E-state index in [2.05, 4.69) is 23.5 Å². The molecule has 1 fully saturated rings. The third kappa shape index (κ3) is 4.04. The number of aromatic nitrogens is 1. The zero-order chi connectivity index (χ0) is 19.4. The highest BCUT2D eigenvalue weighted by atomic mass is 32.1. The molecule has 1 aliphatic rings. The van der Waals surface area contributed by atoms with E-state index in [4.69, 9.17) is 9.72 Å². The lowest BCUT2D eigenvalue weighted by atomic mass is 9.82. The monoisotopic (exact) mass is 394 g/mol. The summed E-state index contributed by atoms with van der Waals surface area (Å²) in [6.45, 7) is 0.659. The first-order chi connectivity index (χ1) is 13.7. The number of nitrogens with zero attached hydrogens (tertiary/aromatic N) is 1. The summed E-state index contributed by atoms with van der Waals surface area (Å²) in [7, 11) is 1.67. The molecule has 0 radical (unpaired) electrons.